The highest BCUT2D eigenvalue weighted by atomic mass is 35.5. The molecule has 0 aliphatic rings. The van der Waals surface area contributed by atoms with Crippen LogP contribution in [0.5, 0.6) is 5.75 Å². The van der Waals surface area contributed by atoms with Gasteiger partial charge in [-0.05, 0) is 54.8 Å². The minimum atomic E-state index is -0.196. The summed E-state index contributed by atoms with van der Waals surface area (Å²) in [6, 6.07) is 25.4. The molecule has 0 aliphatic heterocycles. The number of aryl methyl sites for hydroxylation is 2. The van der Waals surface area contributed by atoms with Crippen LogP contribution >= 0.6 is 11.6 Å². The number of nitrogens with zero attached hydrogens (tertiary/aromatic N) is 2. The molecule has 1 aromatic heterocycles. The molecule has 158 valence electrons. The van der Waals surface area contributed by atoms with Crippen LogP contribution in [-0.2, 0) is 24.3 Å². The van der Waals surface area contributed by atoms with Crippen LogP contribution in [0, 0.1) is 0 Å². The molecule has 5 nitrogen and oxygen atoms in total. The Balaban J connectivity index is 1.37. The van der Waals surface area contributed by atoms with E-state index in [1.807, 2.05) is 24.3 Å². The third-order valence-electron chi connectivity index (χ3n) is 5.05. The van der Waals surface area contributed by atoms with Crippen molar-refractivity contribution in [3.05, 3.63) is 95.3 Å². The summed E-state index contributed by atoms with van der Waals surface area (Å²) in [7, 11) is 0. The number of carbonyl (C=O) groups is 1. The molecule has 0 saturated heterocycles. The fourth-order valence-corrected chi connectivity index (χ4v) is 3.63. The molecule has 3 aromatic carbocycles. The predicted octanol–water partition coefficient (Wildman–Crippen LogP) is 5.02. The fourth-order valence-electron chi connectivity index (χ4n) is 3.50. The minimum Gasteiger partial charge on any atom is -0.484 e. The molecule has 0 radical (unpaired) electrons. The van der Waals surface area contributed by atoms with Crippen molar-refractivity contribution >= 4 is 28.5 Å². The second-order valence-corrected chi connectivity index (χ2v) is 7.71. The zero-order valence-electron chi connectivity index (χ0n) is 17.1. The standard InChI is InChI=1S/C25H24ClN3O2/c26-20-12-14-21(15-13-20)31-18-25(30)27-17-24-28-22-10-4-5-11-23(22)29(24)16-6-9-19-7-2-1-3-8-19/h1-5,7-8,10-15H,6,9,16-18H2,(H,27,30). The van der Waals surface area contributed by atoms with E-state index in [0.717, 1.165) is 36.2 Å². The number of amides is 1. The number of hydrogen-bond donors (Lipinski definition) is 1. The first-order chi connectivity index (χ1) is 15.2. The van der Waals surface area contributed by atoms with Crippen molar-refractivity contribution in [3.8, 4) is 5.75 Å². The quantitative estimate of drug-likeness (QED) is 0.403. The number of fused-ring (bicyclic) bond motifs is 1. The van der Waals surface area contributed by atoms with Gasteiger partial charge in [-0.25, -0.2) is 4.98 Å². The van der Waals surface area contributed by atoms with Gasteiger partial charge in [0.1, 0.15) is 11.6 Å². The molecule has 1 N–H and O–H groups in total. The molecule has 0 saturated carbocycles. The van der Waals surface area contributed by atoms with E-state index in [0.29, 0.717) is 17.3 Å². The molecule has 4 aromatic rings. The van der Waals surface area contributed by atoms with Crippen molar-refractivity contribution in [2.75, 3.05) is 6.61 Å². The lowest BCUT2D eigenvalue weighted by Gasteiger charge is -2.11. The Morgan fingerprint density at radius 3 is 2.52 bits per heavy atom. The van der Waals surface area contributed by atoms with Crippen LogP contribution in [0.4, 0.5) is 0 Å². The van der Waals surface area contributed by atoms with Gasteiger partial charge in [0.15, 0.2) is 6.61 Å². The Hall–Kier alpha value is -3.31. The zero-order valence-corrected chi connectivity index (χ0v) is 17.9. The normalized spacial score (nSPS) is 10.9. The van der Waals surface area contributed by atoms with Crippen molar-refractivity contribution in [2.24, 2.45) is 0 Å². The van der Waals surface area contributed by atoms with Crippen molar-refractivity contribution in [2.45, 2.75) is 25.9 Å². The predicted molar refractivity (Wildman–Crippen MR) is 123 cm³/mol. The Morgan fingerprint density at radius 1 is 0.968 bits per heavy atom. The highest BCUT2D eigenvalue weighted by Gasteiger charge is 2.12. The Kier molecular flexibility index (Phi) is 6.85. The van der Waals surface area contributed by atoms with Crippen LogP contribution in [0.3, 0.4) is 0 Å². The van der Waals surface area contributed by atoms with E-state index >= 15 is 0 Å². The summed E-state index contributed by atoms with van der Waals surface area (Å²) < 4.78 is 7.71. The Bertz CT molecular complexity index is 1140. The molecule has 31 heavy (non-hydrogen) atoms. The first-order valence-corrected chi connectivity index (χ1v) is 10.7. The van der Waals surface area contributed by atoms with Gasteiger partial charge in [0.2, 0.25) is 0 Å². The number of aromatic nitrogens is 2. The Labute approximate surface area is 186 Å². The summed E-state index contributed by atoms with van der Waals surface area (Å²) in [6.45, 7) is 1.13. The van der Waals surface area contributed by atoms with Gasteiger partial charge in [0.05, 0.1) is 17.6 Å². The number of ether oxygens (including phenoxy) is 1. The average Bonchev–Trinajstić information content (AvgIpc) is 3.15. The van der Waals surface area contributed by atoms with Gasteiger partial charge in [-0.2, -0.15) is 0 Å². The maximum atomic E-state index is 12.3. The fraction of sp³-hybridized carbons (Fsp3) is 0.200. The number of carbonyl (C=O) groups excluding carboxylic acids is 1. The van der Waals surface area contributed by atoms with Gasteiger partial charge in [0.25, 0.3) is 5.91 Å². The molecule has 1 heterocycles. The molecule has 1 amide bonds. The lowest BCUT2D eigenvalue weighted by atomic mass is 10.1. The number of nitrogens with one attached hydrogen (secondary N) is 1. The van der Waals surface area contributed by atoms with Crippen molar-refractivity contribution in [1.29, 1.82) is 0 Å². The van der Waals surface area contributed by atoms with E-state index in [-0.39, 0.29) is 12.5 Å². The van der Waals surface area contributed by atoms with Gasteiger partial charge in [0, 0.05) is 11.6 Å². The van der Waals surface area contributed by atoms with E-state index in [2.05, 4.69) is 40.2 Å². The molecular formula is C25H24ClN3O2. The molecule has 0 unspecified atom stereocenters. The van der Waals surface area contributed by atoms with Gasteiger partial charge in [-0.15, -0.1) is 0 Å². The number of halogens is 1. The first-order valence-electron chi connectivity index (χ1n) is 10.3. The maximum Gasteiger partial charge on any atom is 0.258 e. The smallest absolute Gasteiger partial charge is 0.258 e. The van der Waals surface area contributed by atoms with Gasteiger partial charge >= 0.3 is 0 Å². The molecular weight excluding hydrogens is 410 g/mol. The van der Waals surface area contributed by atoms with Crippen LogP contribution in [0.1, 0.15) is 17.8 Å². The number of benzene rings is 3. The summed E-state index contributed by atoms with van der Waals surface area (Å²) in [6.07, 6.45) is 1.99. The lowest BCUT2D eigenvalue weighted by Crippen LogP contribution is -2.29. The number of imidazole rings is 1. The highest BCUT2D eigenvalue weighted by molar-refractivity contribution is 6.30. The van der Waals surface area contributed by atoms with Crippen LogP contribution < -0.4 is 10.1 Å². The molecule has 4 rings (SSSR count). The number of para-hydroxylation sites is 2. The molecule has 0 fully saturated rings. The number of rotatable bonds is 9. The summed E-state index contributed by atoms with van der Waals surface area (Å²) >= 11 is 5.87. The van der Waals surface area contributed by atoms with Gasteiger partial charge in [-0.3, -0.25) is 4.79 Å². The number of hydrogen-bond acceptors (Lipinski definition) is 3. The zero-order chi connectivity index (χ0) is 21.5. The first kappa shape index (κ1) is 20.9. The summed E-state index contributed by atoms with van der Waals surface area (Å²) in [5, 5.41) is 3.54. The van der Waals surface area contributed by atoms with E-state index < -0.39 is 0 Å². The summed E-state index contributed by atoms with van der Waals surface area (Å²) in [5.74, 6) is 1.25. The largest absolute Gasteiger partial charge is 0.484 e. The second-order valence-electron chi connectivity index (χ2n) is 7.28. The second kappa shape index (κ2) is 10.1. The monoisotopic (exact) mass is 433 g/mol. The van der Waals surface area contributed by atoms with Crippen LogP contribution in [0.2, 0.25) is 5.02 Å². The highest BCUT2D eigenvalue weighted by Crippen LogP contribution is 2.18. The van der Waals surface area contributed by atoms with Gasteiger partial charge < -0.3 is 14.6 Å². The average molecular weight is 434 g/mol. The van der Waals surface area contributed by atoms with Crippen molar-refractivity contribution < 1.29 is 9.53 Å². The van der Waals surface area contributed by atoms with E-state index in [4.69, 9.17) is 21.3 Å². The van der Waals surface area contributed by atoms with E-state index in [9.17, 15) is 4.79 Å². The molecule has 0 bridgehead atoms. The summed E-state index contributed by atoms with van der Waals surface area (Å²) in [5.41, 5.74) is 3.34. The van der Waals surface area contributed by atoms with Crippen molar-refractivity contribution in [3.63, 3.8) is 0 Å². The van der Waals surface area contributed by atoms with Crippen LogP contribution in [-0.4, -0.2) is 22.1 Å². The maximum absolute atomic E-state index is 12.3. The van der Waals surface area contributed by atoms with E-state index in [1.165, 1.54) is 5.56 Å². The van der Waals surface area contributed by atoms with Crippen molar-refractivity contribution in [1.82, 2.24) is 14.9 Å². The molecule has 0 atom stereocenters. The topological polar surface area (TPSA) is 56.1 Å². The molecule has 0 spiro atoms. The minimum absolute atomic E-state index is 0.0597. The SMILES string of the molecule is O=C(COc1ccc(Cl)cc1)NCc1nc2ccccc2n1CCCc1ccccc1. The lowest BCUT2D eigenvalue weighted by molar-refractivity contribution is -0.123. The van der Waals surface area contributed by atoms with E-state index in [1.54, 1.807) is 24.3 Å². The van der Waals surface area contributed by atoms with Crippen LogP contribution in [0.25, 0.3) is 11.0 Å². The Morgan fingerprint density at radius 2 is 1.71 bits per heavy atom. The molecule has 6 heteroatoms. The van der Waals surface area contributed by atoms with Crippen LogP contribution in [0.15, 0.2) is 78.9 Å². The third kappa shape index (κ3) is 5.64. The summed E-state index contributed by atoms with van der Waals surface area (Å²) in [4.78, 5) is 17.0. The molecule has 0 aliphatic carbocycles. The third-order valence-corrected chi connectivity index (χ3v) is 5.30. The van der Waals surface area contributed by atoms with Gasteiger partial charge in [-0.1, -0.05) is 54.1 Å².